The Kier molecular flexibility index (Phi) is 3.95. The SMILES string of the molecule is CC(=O)Nc1cccc(NC(=O)CC2CC3CCC2C3)c1. The number of benzene rings is 1. The van der Waals surface area contributed by atoms with E-state index in [-0.39, 0.29) is 11.8 Å². The van der Waals surface area contributed by atoms with Crippen LogP contribution in [0.4, 0.5) is 11.4 Å². The van der Waals surface area contributed by atoms with Crippen molar-refractivity contribution in [3.05, 3.63) is 24.3 Å². The zero-order valence-electron chi connectivity index (χ0n) is 12.4. The maximum absolute atomic E-state index is 12.2. The zero-order valence-corrected chi connectivity index (χ0v) is 12.4. The fourth-order valence-electron chi connectivity index (χ4n) is 3.95. The molecule has 0 aromatic heterocycles. The van der Waals surface area contributed by atoms with Crippen molar-refractivity contribution in [1.82, 2.24) is 0 Å². The summed E-state index contributed by atoms with van der Waals surface area (Å²) in [5.41, 5.74) is 1.45. The van der Waals surface area contributed by atoms with Crippen LogP contribution in [0, 0.1) is 17.8 Å². The van der Waals surface area contributed by atoms with E-state index in [0.717, 1.165) is 17.5 Å². The third-order valence-electron chi connectivity index (χ3n) is 4.80. The minimum absolute atomic E-state index is 0.0903. The molecule has 0 aliphatic heterocycles. The molecule has 2 aliphatic rings. The molecule has 2 N–H and O–H groups in total. The molecule has 2 saturated carbocycles. The van der Waals surface area contributed by atoms with Gasteiger partial charge in [-0.1, -0.05) is 12.5 Å². The largest absolute Gasteiger partial charge is 0.326 e. The van der Waals surface area contributed by atoms with Crippen LogP contribution in [0.1, 0.15) is 39.0 Å². The number of amides is 2. The molecule has 3 rings (SSSR count). The van der Waals surface area contributed by atoms with E-state index in [1.807, 2.05) is 18.2 Å². The highest BCUT2D eigenvalue weighted by Gasteiger charge is 2.40. The van der Waals surface area contributed by atoms with Crippen molar-refractivity contribution >= 4 is 23.2 Å². The molecule has 4 nitrogen and oxygen atoms in total. The molecule has 0 spiro atoms. The Morgan fingerprint density at radius 1 is 1.14 bits per heavy atom. The van der Waals surface area contributed by atoms with E-state index in [1.54, 1.807) is 6.07 Å². The highest BCUT2D eigenvalue weighted by Crippen LogP contribution is 2.49. The van der Waals surface area contributed by atoms with Crippen molar-refractivity contribution in [2.75, 3.05) is 10.6 Å². The van der Waals surface area contributed by atoms with Gasteiger partial charge in [0.2, 0.25) is 11.8 Å². The monoisotopic (exact) mass is 286 g/mol. The van der Waals surface area contributed by atoms with Crippen LogP contribution in [-0.4, -0.2) is 11.8 Å². The molecular weight excluding hydrogens is 264 g/mol. The second-order valence-electron chi connectivity index (χ2n) is 6.45. The second-order valence-corrected chi connectivity index (χ2v) is 6.45. The van der Waals surface area contributed by atoms with E-state index >= 15 is 0 Å². The van der Waals surface area contributed by atoms with Gasteiger partial charge in [0, 0.05) is 24.7 Å². The molecule has 4 heteroatoms. The first kappa shape index (κ1) is 14.1. The average molecular weight is 286 g/mol. The summed E-state index contributed by atoms with van der Waals surface area (Å²) < 4.78 is 0. The van der Waals surface area contributed by atoms with Crippen molar-refractivity contribution in [2.24, 2.45) is 17.8 Å². The predicted molar refractivity (Wildman–Crippen MR) is 82.9 cm³/mol. The fraction of sp³-hybridized carbons (Fsp3) is 0.529. The van der Waals surface area contributed by atoms with Crippen molar-refractivity contribution < 1.29 is 9.59 Å². The van der Waals surface area contributed by atoms with Crippen molar-refractivity contribution in [1.29, 1.82) is 0 Å². The molecule has 2 bridgehead atoms. The molecule has 112 valence electrons. The average Bonchev–Trinajstić information content (AvgIpc) is 3.00. The highest BCUT2D eigenvalue weighted by atomic mass is 16.2. The van der Waals surface area contributed by atoms with Crippen molar-refractivity contribution in [2.45, 2.75) is 39.0 Å². The van der Waals surface area contributed by atoms with Gasteiger partial charge in [-0.05, 0) is 55.2 Å². The lowest BCUT2D eigenvalue weighted by molar-refractivity contribution is -0.117. The highest BCUT2D eigenvalue weighted by molar-refractivity contribution is 5.93. The first-order chi connectivity index (χ1) is 10.1. The van der Waals surface area contributed by atoms with Gasteiger partial charge in [-0.15, -0.1) is 0 Å². The van der Waals surface area contributed by atoms with Gasteiger partial charge < -0.3 is 10.6 Å². The molecule has 2 fully saturated rings. The molecule has 0 radical (unpaired) electrons. The summed E-state index contributed by atoms with van der Waals surface area (Å²) in [6.07, 6.45) is 5.85. The van der Waals surface area contributed by atoms with E-state index in [9.17, 15) is 9.59 Å². The molecular formula is C17H22N2O2. The Morgan fingerprint density at radius 3 is 2.52 bits per heavy atom. The summed E-state index contributed by atoms with van der Waals surface area (Å²) >= 11 is 0. The van der Waals surface area contributed by atoms with E-state index in [1.165, 1.54) is 32.6 Å². The summed E-state index contributed by atoms with van der Waals surface area (Å²) in [6.45, 7) is 1.47. The van der Waals surface area contributed by atoms with Crippen LogP contribution in [0.25, 0.3) is 0 Å². The zero-order chi connectivity index (χ0) is 14.8. The number of hydrogen-bond acceptors (Lipinski definition) is 2. The summed E-state index contributed by atoms with van der Waals surface area (Å²) in [5.74, 6) is 2.19. The van der Waals surface area contributed by atoms with Gasteiger partial charge in [0.15, 0.2) is 0 Å². The normalized spacial score (nSPS) is 26.6. The number of fused-ring (bicyclic) bond motifs is 2. The van der Waals surface area contributed by atoms with E-state index in [4.69, 9.17) is 0 Å². The van der Waals surface area contributed by atoms with Crippen LogP contribution in [0.3, 0.4) is 0 Å². The van der Waals surface area contributed by atoms with E-state index < -0.39 is 0 Å². The van der Waals surface area contributed by atoms with Gasteiger partial charge in [0.1, 0.15) is 0 Å². The molecule has 2 aliphatic carbocycles. The summed E-state index contributed by atoms with van der Waals surface area (Å²) in [4.78, 5) is 23.2. The minimum atomic E-state index is -0.111. The van der Waals surface area contributed by atoms with Gasteiger partial charge in [-0.25, -0.2) is 0 Å². The van der Waals surface area contributed by atoms with Crippen LogP contribution < -0.4 is 10.6 Å². The van der Waals surface area contributed by atoms with E-state index in [0.29, 0.717) is 18.0 Å². The molecule has 2 amide bonds. The lowest BCUT2D eigenvalue weighted by Crippen LogP contribution is -2.20. The maximum atomic E-state index is 12.2. The van der Waals surface area contributed by atoms with Crippen LogP contribution in [0.2, 0.25) is 0 Å². The Balaban J connectivity index is 1.56. The van der Waals surface area contributed by atoms with Crippen molar-refractivity contribution in [3.63, 3.8) is 0 Å². The Labute approximate surface area is 125 Å². The van der Waals surface area contributed by atoms with Gasteiger partial charge in [-0.2, -0.15) is 0 Å². The predicted octanol–water partition coefficient (Wildman–Crippen LogP) is 3.41. The van der Waals surface area contributed by atoms with Gasteiger partial charge >= 0.3 is 0 Å². The van der Waals surface area contributed by atoms with E-state index in [2.05, 4.69) is 10.6 Å². The summed E-state index contributed by atoms with van der Waals surface area (Å²) in [7, 11) is 0. The first-order valence-corrected chi connectivity index (χ1v) is 7.77. The number of nitrogens with one attached hydrogen (secondary N) is 2. The molecule has 1 aromatic rings. The number of carbonyl (C=O) groups is 2. The van der Waals surface area contributed by atoms with Crippen LogP contribution >= 0.6 is 0 Å². The Hall–Kier alpha value is -1.84. The van der Waals surface area contributed by atoms with Crippen molar-refractivity contribution in [3.8, 4) is 0 Å². The third kappa shape index (κ3) is 3.43. The third-order valence-corrected chi connectivity index (χ3v) is 4.80. The lowest BCUT2D eigenvalue weighted by Gasteiger charge is -2.21. The Morgan fingerprint density at radius 2 is 1.90 bits per heavy atom. The molecule has 3 atom stereocenters. The molecule has 0 saturated heterocycles. The van der Waals surface area contributed by atoms with Gasteiger partial charge in [0.05, 0.1) is 0 Å². The first-order valence-electron chi connectivity index (χ1n) is 7.77. The quantitative estimate of drug-likeness (QED) is 0.891. The maximum Gasteiger partial charge on any atom is 0.224 e. The Bertz CT molecular complexity index is 555. The van der Waals surface area contributed by atoms with Crippen LogP contribution in [-0.2, 0) is 9.59 Å². The molecule has 3 unspecified atom stereocenters. The number of hydrogen-bond donors (Lipinski definition) is 2. The molecule has 0 heterocycles. The summed E-state index contributed by atoms with van der Waals surface area (Å²) in [6, 6.07) is 7.29. The lowest BCUT2D eigenvalue weighted by atomic mass is 9.86. The number of rotatable bonds is 4. The minimum Gasteiger partial charge on any atom is -0.326 e. The fourth-order valence-corrected chi connectivity index (χ4v) is 3.95. The number of carbonyl (C=O) groups excluding carboxylic acids is 2. The number of anilines is 2. The van der Waals surface area contributed by atoms with Gasteiger partial charge in [0.25, 0.3) is 0 Å². The van der Waals surface area contributed by atoms with Gasteiger partial charge in [-0.3, -0.25) is 9.59 Å². The standard InChI is InChI=1S/C17H22N2O2/c1-11(20)18-15-3-2-4-16(10-15)19-17(21)9-14-8-12-5-6-13(14)7-12/h2-4,10,12-14H,5-9H2,1H3,(H,18,20)(H,19,21). The smallest absolute Gasteiger partial charge is 0.224 e. The molecule has 1 aromatic carbocycles. The molecule has 21 heavy (non-hydrogen) atoms. The second kappa shape index (κ2) is 5.88. The van der Waals surface area contributed by atoms with Crippen LogP contribution in [0.5, 0.6) is 0 Å². The topological polar surface area (TPSA) is 58.2 Å². The van der Waals surface area contributed by atoms with Crippen LogP contribution in [0.15, 0.2) is 24.3 Å². The summed E-state index contributed by atoms with van der Waals surface area (Å²) in [5, 5.41) is 5.67.